The maximum atomic E-state index is 10.6. The van der Waals surface area contributed by atoms with Crippen molar-refractivity contribution in [2.45, 2.75) is 6.18 Å². The lowest BCUT2D eigenvalue weighted by Crippen LogP contribution is -2.44. The first-order chi connectivity index (χ1) is 17.7. The lowest BCUT2D eigenvalue weighted by molar-refractivity contribution is -0.192. The Bertz CT molecular complexity index is 1340. The van der Waals surface area contributed by atoms with Crippen LogP contribution < -0.4 is 15.5 Å². The second-order valence-electron chi connectivity index (χ2n) is 8.27. The predicted molar refractivity (Wildman–Crippen MR) is 135 cm³/mol. The number of rotatable bonds is 5. The van der Waals surface area contributed by atoms with Crippen molar-refractivity contribution in [3.8, 4) is 0 Å². The first-order valence-electron chi connectivity index (χ1n) is 11.3. The monoisotopic (exact) mass is 514 g/mol. The van der Waals surface area contributed by atoms with Gasteiger partial charge in [0.15, 0.2) is 5.82 Å². The van der Waals surface area contributed by atoms with Crippen LogP contribution >= 0.6 is 0 Å². The second-order valence-corrected chi connectivity index (χ2v) is 8.27. The molecule has 1 aliphatic rings. The number of benzene rings is 2. The summed E-state index contributed by atoms with van der Waals surface area (Å²) >= 11 is 0. The Kier molecular flexibility index (Phi) is 7.72. The smallest absolute Gasteiger partial charge is 0.475 e. The van der Waals surface area contributed by atoms with Crippen molar-refractivity contribution in [1.82, 2.24) is 25.1 Å². The molecule has 0 atom stereocenters. The van der Waals surface area contributed by atoms with Crippen LogP contribution in [0.1, 0.15) is 0 Å². The largest absolute Gasteiger partial charge is 0.490 e. The number of H-pyrrole nitrogens is 1. The van der Waals surface area contributed by atoms with E-state index in [-0.39, 0.29) is 0 Å². The molecule has 0 aliphatic carbocycles. The van der Waals surface area contributed by atoms with Crippen molar-refractivity contribution in [2.75, 3.05) is 48.8 Å². The summed E-state index contributed by atoms with van der Waals surface area (Å²) in [5.41, 5.74) is 3.18. The Morgan fingerprint density at radius 2 is 1.68 bits per heavy atom. The van der Waals surface area contributed by atoms with E-state index in [9.17, 15) is 13.2 Å². The first kappa shape index (κ1) is 25.7. The number of hydrogen-bond acceptors (Lipinski definition) is 8. The lowest BCUT2D eigenvalue weighted by atomic mass is 10.2. The van der Waals surface area contributed by atoms with Crippen molar-refractivity contribution in [3.05, 3.63) is 60.8 Å². The molecule has 13 heteroatoms. The average Bonchev–Trinajstić information content (AvgIpc) is 3.28. The maximum Gasteiger partial charge on any atom is 0.490 e. The molecule has 0 amide bonds. The number of halogens is 3. The third-order valence-electron chi connectivity index (χ3n) is 5.61. The molecule has 37 heavy (non-hydrogen) atoms. The van der Waals surface area contributed by atoms with Crippen molar-refractivity contribution < 1.29 is 23.1 Å². The van der Waals surface area contributed by atoms with Gasteiger partial charge in [-0.3, -0.25) is 5.10 Å². The number of likely N-dealkylation sites (N-methyl/N-ethyl adjacent to an activating group) is 1. The fourth-order valence-electron chi connectivity index (χ4n) is 3.62. The number of piperazine rings is 1. The number of para-hydroxylation sites is 1. The van der Waals surface area contributed by atoms with E-state index in [1.807, 2.05) is 30.3 Å². The van der Waals surface area contributed by atoms with Gasteiger partial charge >= 0.3 is 12.1 Å². The molecular weight excluding hydrogens is 489 g/mol. The highest BCUT2D eigenvalue weighted by molar-refractivity contribution is 5.91. The number of carboxylic acids is 1. The van der Waals surface area contributed by atoms with Crippen LogP contribution in [0.15, 0.2) is 60.8 Å². The van der Waals surface area contributed by atoms with Crippen LogP contribution in [-0.4, -0.2) is 75.5 Å². The van der Waals surface area contributed by atoms with Crippen molar-refractivity contribution in [2.24, 2.45) is 0 Å². The number of hydrogen-bond donors (Lipinski definition) is 4. The fourth-order valence-corrected chi connectivity index (χ4v) is 3.62. The van der Waals surface area contributed by atoms with E-state index >= 15 is 0 Å². The van der Waals surface area contributed by atoms with Gasteiger partial charge in [-0.15, -0.1) is 0 Å². The molecule has 0 bridgehead atoms. The first-order valence-corrected chi connectivity index (χ1v) is 11.3. The standard InChI is InChI=1S/C22H24N8.C2HF3O2/c1-29-12-14-30(15-13-29)17-8-6-16(7-9-17)24-22-23-11-10-20(26-22)25-21-18-4-2-3-5-19(18)27-28-21;3-2(4,5)1(6)7/h2-11H,12-15H2,1H3,(H3,23,24,25,26,27,28);(H,6,7). The molecule has 2 aromatic carbocycles. The molecule has 0 radical (unpaired) electrons. The highest BCUT2D eigenvalue weighted by atomic mass is 19.4. The number of nitrogens with zero attached hydrogens (tertiary/aromatic N) is 5. The van der Waals surface area contributed by atoms with Gasteiger partial charge in [-0.2, -0.15) is 23.3 Å². The summed E-state index contributed by atoms with van der Waals surface area (Å²) in [5, 5.41) is 22.0. The second kappa shape index (κ2) is 11.1. The highest BCUT2D eigenvalue weighted by Gasteiger charge is 2.38. The van der Waals surface area contributed by atoms with Crippen LogP contribution in [-0.2, 0) is 4.79 Å². The van der Waals surface area contributed by atoms with Gasteiger partial charge in [0, 0.05) is 49.1 Å². The Morgan fingerprint density at radius 3 is 2.35 bits per heavy atom. The third-order valence-corrected chi connectivity index (χ3v) is 5.61. The van der Waals surface area contributed by atoms with Crippen LogP contribution in [0.3, 0.4) is 0 Å². The molecule has 3 heterocycles. The average molecular weight is 515 g/mol. The third kappa shape index (κ3) is 6.85. The van der Waals surface area contributed by atoms with Crippen LogP contribution in [0.5, 0.6) is 0 Å². The van der Waals surface area contributed by atoms with E-state index < -0.39 is 12.1 Å². The van der Waals surface area contributed by atoms with Crippen LogP contribution in [0.2, 0.25) is 0 Å². The lowest BCUT2D eigenvalue weighted by Gasteiger charge is -2.34. The van der Waals surface area contributed by atoms with Gasteiger partial charge in [-0.1, -0.05) is 12.1 Å². The van der Waals surface area contributed by atoms with Crippen LogP contribution in [0.4, 0.5) is 42.1 Å². The normalized spacial score (nSPS) is 14.1. The van der Waals surface area contributed by atoms with Crippen molar-refractivity contribution in [1.29, 1.82) is 0 Å². The predicted octanol–water partition coefficient (Wildman–Crippen LogP) is 4.23. The van der Waals surface area contributed by atoms with Crippen molar-refractivity contribution >= 4 is 45.8 Å². The minimum absolute atomic E-state index is 0.534. The Morgan fingerprint density at radius 1 is 1.00 bits per heavy atom. The Labute approximate surface area is 210 Å². The molecule has 4 aromatic rings. The zero-order chi connectivity index (χ0) is 26.4. The molecule has 5 rings (SSSR count). The van der Waals surface area contributed by atoms with E-state index in [1.165, 1.54) is 5.69 Å². The number of nitrogens with one attached hydrogen (secondary N) is 3. The number of alkyl halides is 3. The molecule has 0 unspecified atom stereocenters. The van der Waals surface area contributed by atoms with E-state index in [4.69, 9.17) is 9.90 Å². The fraction of sp³-hybridized carbons (Fsp3) is 0.250. The summed E-state index contributed by atoms with van der Waals surface area (Å²) in [5.74, 6) is -0.801. The SMILES string of the molecule is CN1CCN(c2ccc(Nc3nccc(Nc4n[nH]c5ccccc45)n3)cc2)CC1.O=C(O)C(F)(F)F. The van der Waals surface area contributed by atoms with Gasteiger partial charge < -0.3 is 25.5 Å². The van der Waals surface area contributed by atoms with Gasteiger partial charge in [-0.05, 0) is 49.5 Å². The van der Waals surface area contributed by atoms with E-state index in [0.29, 0.717) is 11.8 Å². The number of carbonyl (C=O) groups is 1. The highest BCUT2D eigenvalue weighted by Crippen LogP contribution is 2.24. The van der Waals surface area contributed by atoms with E-state index in [1.54, 1.807) is 6.20 Å². The molecule has 1 fully saturated rings. The van der Waals surface area contributed by atoms with Crippen LogP contribution in [0, 0.1) is 0 Å². The molecule has 0 spiro atoms. The number of aliphatic carboxylic acids is 1. The van der Waals surface area contributed by atoms with Gasteiger partial charge in [0.05, 0.1) is 5.52 Å². The van der Waals surface area contributed by atoms with Gasteiger partial charge in [-0.25, -0.2) is 9.78 Å². The summed E-state index contributed by atoms with van der Waals surface area (Å²) in [4.78, 5) is 22.6. The molecule has 1 aliphatic heterocycles. The summed E-state index contributed by atoms with van der Waals surface area (Å²) in [7, 11) is 2.17. The molecule has 2 aromatic heterocycles. The topological polar surface area (TPSA) is 122 Å². The van der Waals surface area contributed by atoms with Crippen molar-refractivity contribution in [3.63, 3.8) is 0 Å². The molecule has 10 nitrogen and oxygen atoms in total. The molecule has 0 saturated carbocycles. The summed E-state index contributed by atoms with van der Waals surface area (Å²) in [6.45, 7) is 4.31. The summed E-state index contributed by atoms with van der Waals surface area (Å²) < 4.78 is 31.7. The maximum absolute atomic E-state index is 10.6. The van der Waals surface area contributed by atoms with Gasteiger partial charge in [0.25, 0.3) is 0 Å². The number of fused-ring (bicyclic) bond motifs is 1. The zero-order valence-corrected chi connectivity index (χ0v) is 19.8. The van der Waals surface area contributed by atoms with E-state index in [2.05, 4.69) is 71.9 Å². The minimum Gasteiger partial charge on any atom is -0.475 e. The van der Waals surface area contributed by atoms with Gasteiger partial charge in [0.1, 0.15) is 5.82 Å². The molecule has 4 N–H and O–H groups in total. The van der Waals surface area contributed by atoms with Gasteiger partial charge in [0.2, 0.25) is 5.95 Å². The molecular formula is C24H25F3N8O2. The summed E-state index contributed by atoms with van der Waals surface area (Å²) in [6.07, 6.45) is -3.36. The minimum atomic E-state index is -5.08. The molecule has 194 valence electrons. The summed E-state index contributed by atoms with van der Waals surface area (Å²) in [6, 6.07) is 18.2. The quantitative estimate of drug-likeness (QED) is 0.310. The number of carboxylic acid groups (broad SMARTS) is 1. The van der Waals surface area contributed by atoms with E-state index in [0.717, 1.165) is 48.6 Å². The van der Waals surface area contributed by atoms with Crippen LogP contribution in [0.25, 0.3) is 10.9 Å². The number of aromatic amines is 1. The molecule has 1 saturated heterocycles. The zero-order valence-electron chi connectivity index (χ0n) is 19.8. The Hall–Kier alpha value is -4.39. The Balaban J connectivity index is 0.000000405. The number of aromatic nitrogens is 4. The number of anilines is 5.